The summed E-state index contributed by atoms with van der Waals surface area (Å²) in [5, 5.41) is 30.2. The summed E-state index contributed by atoms with van der Waals surface area (Å²) in [6.45, 7) is 20.0. The van der Waals surface area contributed by atoms with Crippen LogP contribution in [0.5, 0.6) is 0 Å². The van der Waals surface area contributed by atoms with Crippen molar-refractivity contribution in [3.05, 3.63) is 65.7 Å². The van der Waals surface area contributed by atoms with E-state index in [0.29, 0.717) is 68.4 Å². The van der Waals surface area contributed by atoms with E-state index >= 15 is 0 Å². The quantitative estimate of drug-likeness (QED) is 0.0421. The van der Waals surface area contributed by atoms with Crippen LogP contribution in [0, 0.1) is 29.6 Å². The summed E-state index contributed by atoms with van der Waals surface area (Å²) in [4.78, 5) is 140. The largest absolute Gasteiger partial charge is 0.445 e. The molecule has 26 nitrogen and oxygen atoms in total. The van der Waals surface area contributed by atoms with E-state index in [-0.39, 0.29) is 50.1 Å². The second kappa shape index (κ2) is 39.2. The molecule has 0 bridgehead atoms. The summed E-state index contributed by atoms with van der Waals surface area (Å²) in [5.74, 6) is -5.99. The van der Waals surface area contributed by atoms with E-state index in [1.807, 2.05) is 32.0 Å². The molecule has 0 spiro atoms. The number of methoxy groups -OCH3 is 2. The van der Waals surface area contributed by atoms with Crippen molar-refractivity contribution < 1.29 is 67.3 Å². The van der Waals surface area contributed by atoms with Gasteiger partial charge in [-0.25, -0.2) is 9.59 Å². The Balaban J connectivity index is 1.72. The summed E-state index contributed by atoms with van der Waals surface area (Å²) < 4.78 is 17.7. The van der Waals surface area contributed by atoms with Crippen molar-refractivity contribution in [1.82, 2.24) is 46.6 Å². The van der Waals surface area contributed by atoms with Crippen molar-refractivity contribution in [3.63, 3.8) is 0 Å². The predicted molar refractivity (Wildman–Crippen MR) is 350 cm³/mol. The van der Waals surface area contributed by atoms with Crippen molar-refractivity contribution in [2.24, 2.45) is 41.1 Å². The molecule has 13 unspecified atom stereocenters. The molecule has 516 valence electrons. The molecule has 13 atom stereocenters. The van der Waals surface area contributed by atoms with Gasteiger partial charge in [0.25, 0.3) is 0 Å². The van der Waals surface area contributed by atoms with Crippen LogP contribution in [0.25, 0.3) is 0 Å². The maximum Gasteiger partial charge on any atom is 0.410 e. The number of hydrogen-bond donors (Lipinski definition) is 10. The third kappa shape index (κ3) is 23.9. The second-order valence-electron chi connectivity index (χ2n) is 25.3. The van der Waals surface area contributed by atoms with Gasteiger partial charge in [-0.05, 0) is 105 Å². The predicted octanol–water partition coefficient (Wildman–Crippen LogP) is 4.23. The fraction of sp³-hybridized carbons (Fsp3) is 0.667. The first-order valence-corrected chi connectivity index (χ1v) is 32.3. The van der Waals surface area contributed by atoms with Gasteiger partial charge in [0.1, 0.15) is 36.8 Å². The number of urea groups is 1. The molecule has 0 aromatic heterocycles. The van der Waals surface area contributed by atoms with Crippen LogP contribution in [0.2, 0.25) is 0 Å². The minimum Gasteiger partial charge on any atom is -0.445 e. The van der Waals surface area contributed by atoms with Gasteiger partial charge in [-0.2, -0.15) is 0 Å². The lowest BCUT2D eigenvalue weighted by molar-refractivity contribution is -0.148. The van der Waals surface area contributed by atoms with Crippen molar-refractivity contribution >= 4 is 65.1 Å². The van der Waals surface area contributed by atoms with E-state index < -0.39 is 138 Å². The average Bonchev–Trinajstić information content (AvgIpc) is 1.41. The lowest BCUT2D eigenvalue weighted by atomic mass is 9.89. The van der Waals surface area contributed by atoms with Crippen LogP contribution in [-0.4, -0.2) is 188 Å². The van der Waals surface area contributed by atoms with Gasteiger partial charge in [-0.1, -0.05) is 111 Å². The first-order valence-electron chi connectivity index (χ1n) is 32.3. The van der Waals surface area contributed by atoms with E-state index in [4.69, 9.17) is 25.7 Å². The number of carbonyl (C=O) groups excluding carboxylic acids is 10. The Morgan fingerprint density at radius 1 is 0.696 bits per heavy atom. The SMILES string of the molecule is CCC(C)C(C(CC(=O)N1CCCC1C(OC)C(C)C(=O)NC(C)C(O)c1ccccc1)OC)N(C)C(=O)C(NC(=O)C(C(C)C)N(C)C(=O)OCc1ccc(NC(=O)C(CCCNC(N)=O)NC(=O)C(NC(=O)C(CCCCN)NC(C)=O)C(C)C)cc1)C(C)C. The standard InChI is InChI=1S/C66H108N12O14/c1-16-41(8)56(51(90-14)36-52(80)78-35-23-28-50(78)58(91-15)42(9)59(82)70-43(10)57(81)46-24-18-17-19-25-46)76(12)64(87)54(39(4)5)75-63(86)55(40(6)7)77(13)66(89)92-37-45-29-31-47(32-30-45)72-60(83)49(27-22-34-69-65(68)88)73-62(85)53(38(2)3)74-61(84)48(71-44(11)79)26-20-21-33-67/h17-19,24-25,29-32,38-43,48-51,53-58,81H,16,20-23,26-28,33-37,67H2,1-15H3,(H,70,82)(H,71,79)(H,72,83)(H,73,85)(H,74,84)(H,75,86)(H3,68,69,88). The Kier molecular flexibility index (Phi) is 33.6. The summed E-state index contributed by atoms with van der Waals surface area (Å²) in [6.07, 6.45) is 0.382. The van der Waals surface area contributed by atoms with Crippen LogP contribution < -0.4 is 48.7 Å². The molecule has 1 saturated heterocycles. The zero-order valence-electron chi connectivity index (χ0n) is 56.9. The summed E-state index contributed by atoms with van der Waals surface area (Å²) in [5.41, 5.74) is 12.4. The molecule has 1 fully saturated rings. The van der Waals surface area contributed by atoms with Crippen LogP contribution in [-0.2, 0) is 59.2 Å². The van der Waals surface area contributed by atoms with Gasteiger partial charge in [0.2, 0.25) is 47.3 Å². The van der Waals surface area contributed by atoms with Crippen LogP contribution in [0.15, 0.2) is 54.6 Å². The van der Waals surface area contributed by atoms with Gasteiger partial charge in [0.15, 0.2) is 0 Å². The molecular formula is C66H108N12O14. The van der Waals surface area contributed by atoms with Crippen LogP contribution in [0.1, 0.15) is 151 Å². The minimum atomic E-state index is -1.14. The van der Waals surface area contributed by atoms with Gasteiger partial charge in [-0.3, -0.25) is 43.3 Å². The maximum absolute atomic E-state index is 14.8. The number of benzene rings is 2. The Morgan fingerprint density at radius 3 is 1.86 bits per heavy atom. The number of amides is 11. The number of rotatable bonds is 38. The highest BCUT2D eigenvalue weighted by molar-refractivity contribution is 5.99. The number of likely N-dealkylation sites (N-methyl/N-ethyl adjacent to an activating group) is 2. The van der Waals surface area contributed by atoms with Gasteiger partial charge >= 0.3 is 12.1 Å². The fourth-order valence-electron chi connectivity index (χ4n) is 11.7. The van der Waals surface area contributed by atoms with Crippen LogP contribution in [0.4, 0.5) is 15.3 Å². The number of primary amides is 1. The van der Waals surface area contributed by atoms with Crippen molar-refractivity contribution in [3.8, 4) is 0 Å². The third-order valence-electron chi connectivity index (χ3n) is 17.2. The number of carbonyl (C=O) groups is 10. The zero-order chi connectivity index (χ0) is 69.1. The first kappa shape index (κ1) is 78.8. The lowest BCUT2D eigenvalue weighted by Gasteiger charge is -2.41. The molecule has 26 heteroatoms. The minimum absolute atomic E-state index is 0.0663. The number of nitrogens with zero attached hydrogens (tertiary/aromatic N) is 3. The molecule has 0 aliphatic carbocycles. The van der Waals surface area contributed by atoms with Crippen LogP contribution in [0.3, 0.4) is 0 Å². The van der Waals surface area contributed by atoms with E-state index in [0.717, 1.165) is 0 Å². The number of likely N-dealkylation sites (tertiary alicyclic amines) is 1. The summed E-state index contributed by atoms with van der Waals surface area (Å²) >= 11 is 0. The summed E-state index contributed by atoms with van der Waals surface area (Å²) in [6, 6.07) is 7.69. The molecule has 1 heterocycles. The Hall–Kier alpha value is -7.42. The maximum atomic E-state index is 14.8. The third-order valence-corrected chi connectivity index (χ3v) is 17.2. The van der Waals surface area contributed by atoms with Crippen molar-refractivity contribution in [2.45, 2.75) is 207 Å². The number of ether oxygens (including phenoxy) is 3. The van der Waals surface area contributed by atoms with Gasteiger partial charge < -0.3 is 77.8 Å². The number of unbranched alkanes of at least 4 members (excludes halogenated alkanes) is 1. The zero-order valence-corrected chi connectivity index (χ0v) is 56.9. The molecule has 1 aliphatic rings. The molecule has 11 amide bonds. The molecule has 0 radical (unpaired) electrons. The number of anilines is 1. The second-order valence-corrected chi connectivity index (χ2v) is 25.3. The van der Waals surface area contributed by atoms with Gasteiger partial charge in [0.05, 0.1) is 48.8 Å². The Bertz CT molecular complexity index is 2700. The molecule has 1 aliphatic heterocycles. The average molecular weight is 1290 g/mol. The smallest absolute Gasteiger partial charge is 0.410 e. The highest BCUT2D eigenvalue weighted by atomic mass is 16.6. The first-order chi connectivity index (χ1) is 43.4. The summed E-state index contributed by atoms with van der Waals surface area (Å²) in [7, 11) is 6.08. The van der Waals surface area contributed by atoms with E-state index in [9.17, 15) is 53.1 Å². The highest BCUT2D eigenvalue weighted by Gasteiger charge is 2.44. The molecule has 3 rings (SSSR count). The molecule has 2 aromatic rings. The normalized spacial score (nSPS) is 17.0. The van der Waals surface area contributed by atoms with E-state index in [1.54, 1.807) is 109 Å². The van der Waals surface area contributed by atoms with E-state index in [1.165, 1.54) is 33.1 Å². The lowest BCUT2D eigenvalue weighted by Crippen LogP contribution is -2.60. The molecule has 12 N–H and O–H groups in total. The number of hydrogen-bond acceptors (Lipinski definition) is 15. The van der Waals surface area contributed by atoms with Crippen molar-refractivity contribution in [1.29, 1.82) is 0 Å². The molecule has 2 aromatic carbocycles. The monoisotopic (exact) mass is 1290 g/mol. The number of aliphatic hydroxyl groups excluding tert-OH is 1. The van der Waals surface area contributed by atoms with Gasteiger partial charge in [-0.15, -0.1) is 0 Å². The topological polar surface area (TPSA) is 365 Å². The number of nitrogens with one attached hydrogen (secondary N) is 7. The van der Waals surface area contributed by atoms with E-state index in [2.05, 4.69) is 37.2 Å². The Morgan fingerprint density at radius 2 is 1.30 bits per heavy atom. The number of aliphatic hydroxyl groups is 1. The molecule has 92 heavy (non-hydrogen) atoms. The van der Waals surface area contributed by atoms with Gasteiger partial charge in [0, 0.05) is 54.0 Å². The van der Waals surface area contributed by atoms with Crippen LogP contribution >= 0.6 is 0 Å². The highest BCUT2D eigenvalue weighted by Crippen LogP contribution is 2.31. The van der Waals surface area contributed by atoms with Crippen molar-refractivity contribution in [2.75, 3.05) is 53.3 Å². The number of nitrogens with two attached hydrogens (primary N) is 2. The molecular weight excluding hydrogens is 1180 g/mol. The fourth-order valence-corrected chi connectivity index (χ4v) is 11.7. The molecule has 0 saturated carbocycles. The Labute approximate surface area is 544 Å².